The minimum Gasteiger partial charge on any atom is -0.374 e. The third-order valence-electron chi connectivity index (χ3n) is 5.54. The molecule has 1 aliphatic heterocycles. The second-order valence-electron chi connectivity index (χ2n) is 7.55. The van der Waals surface area contributed by atoms with E-state index in [-0.39, 0.29) is 6.04 Å². The summed E-state index contributed by atoms with van der Waals surface area (Å²) in [5.41, 5.74) is 3.68. The van der Waals surface area contributed by atoms with E-state index in [2.05, 4.69) is 64.2 Å². The van der Waals surface area contributed by atoms with Crippen molar-refractivity contribution >= 4 is 11.4 Å². The predicted molar refractivity (Wildman–Crippen MR) is 104 cm³/mol. The van der Waals surface area contributed by atoms with Crippen molar-refractivity contribution in [1.82, 2.24) is 15.0 Å². The van der Waals surface area contributed by atoms with Crippen LogP contribution in [0, 0.1) is 6.92 Å². The fourth-order valence-electron chi connectivity index (χ4n) is 3.55. The summed E-state index contributed by atoms with van der Waals surface area (Å²) in [6.45, 7) is 12.1. The maximum Gasteiger partial charge on any atom is 0.248 e. The van der Waals surface area contributed by atoms with E-state index in [1.165, 1.54) is 24.1 Å². The molecule has 6 nitrogen and oxygen atoms in total. The molecule has 1 unspecified atom stereocenters. The fourth-order valence-corrected chi connectivity index (χ4v) is 3.55. The Hall–Kier alpha value is -2.08. The molecule has 2 aliphatic rings. The molecule has 4 rings (SSSR count). The van der Waals surface area contributed by atoms with Crippen LogP contribution in [0.4, 0.5) is 11.4 Å². The lowest BCUT2D eigenvalue weighted by atomic mass is 10.1. The summed E-state index contributed by atoms with van der Waals surface area (Å²) in [7, 11) is 0. The summed E-state index contributed by atoms with van der Waals surface area (Å²) in [6.07, 6.45) is 2.38. The zero-order valence-corrected chi connectivity index (χ0v) is 16.0. The van der Waals surface area contributed by atoms with Crippen molar-refractivity contribution in [3.63, 3.8) is 0 Å². The molecule has 2 heterocycles. The van der Waals surface area contributed by atoms with Gasteiger partial charge in [-0.25, -0.2) is 0 Å². The number of aryl methyl sites for hydroxylation is 1. The molecular formula is C20H29N5O. The van der Waals surface area contributed by atoms with Gasteiger partial charge in [-0.15, -0.1) is 0 Å². The van der Waals surface area contributed by atoms with E-state index in [1.54, 1.807) is 0 Å². The van der Waals surface area contributed by atoms with Gasteiger partial charge < -0.3 is 19.6 Å². The molecule has 1 saturated heterocycles. The van der Waals surface area contributed by atoms with Crippen molar-refractivity contribution in [3.05, 3.63) is 35.5 Å². The van der Waals surface area contributed by atoms with Gasteiger partial charge in [0.25, 0.3) is 0 Å². The Kier molecular flexibility index (Phi) is 4.85. The maximum atomic E-state index is 5.44. The highest BCUT2D eigenvalue weighted by Gasteiger charge is 2.29. The molecule has 1 aromatic heterocycles. The Balaban J connectivity index is 1.40. The van der Waals surface area contributed by atoms with Gasteiger partial charge in [-0.3, -0.25) is 0 Å². The number of anilines is 2. The van der Waals surface area contributed by atoms with Crippen LogP contribution in [0.15, 0.2) is 22.7 Å². The summed E-state index contributed by atoms with van der Waals surface area (Å²) in [6, 6.07) is 6.67. The summed E-state index contributed by atoms with van der Waals surface area (Å²) < 4.78 is 5.44. The molecule has 1 saturated carbocycles. The van der Waals surface area contributed by atoms with E-state index in [0.29, 0.717) is 11.8 Å². The van der Waals surface area contributed by atoms with E-state index in [0.717, 1.165) is 44.2 Å². The molecule has 1 aromatic carbocycles. The van der Waals surface area contributed by atoms with E-state index < -0.39 is 0 Å². The minimum atomic E-state index is 0.00708. The van der Waals surface area contributed by atoms with E-state index in [4.69, 9.17) is 4.52 Å². The van der Waals surface area contributed by atoms with Gasteiger partial charge in [-0.05, 0) is 57.0 Å². The van der Waals surface area contributed by atoms with Gasteiger partial charge in [0.2, 0.25) is 5.89 Å². The number of aromatic nitrogens is 2. The van der Waals surface area contributed by atoms with Gasteiger partial charge >= 0.3 is 0 Å². The molecule has 1 aliphatic carbocycles. The molecule has 6 heteroatoms. The Morgan fingerprint density at radius 2 is 2.00 bits per heavy atom. The highest BCUT2D eigenvalue weighted by molar-refractivity contribution is 5.60. The summed E-state index contributed by atoms with van der Waals surface area (Å²) in [5, 5.41) is 7.64. The van der Waals surface area contributed by atoms with Gasteiger partial charge in [0.1, 0.15) is 6.04 Å². The van der Waals surface area contributed by atoms with E-state index in [9.17, 15) is 0 Å². The van der Waals surface area contributed by atoms with Gasteiger partial charge in [-0.1, -0.05) is 12.1 Å². The number of hydrogen-bond donors (Lipinski definition) is 1. The van der Waals surface area contributed by atoms with Gasteiger partial charge in [0, 0.05) is 43.5 Å². The van der Waals surface area contributed by atoms with Crippen molar-refractivity contribution in [2.45, 2.75) is 45.6 Å². The highest BCUT2D eigenvalue weighted by atomic mass is 16.5. The number of benzene rings is 1. The molecule has 1 N–H and O–H groups in total. The standard InChI is InChI=1S/C20H29N5O/c1-4-24-9-11-25(12-10-24)17-7-8-18(14(2)13-17)21-15(3)20-22-19(23-26-20)16-5-6-16/h7-8,13,15-16,21H,4-6,9-12H2,1-3H3. The van der Waals surface area contributed by atoms with Crippen LogP contribution in [0.2, 0.25) is 0 Å². The normalized spacial score (nSPS) is 19.6. The first-order valence-electron chi connectivity index (χ1n) is 9.82. The quantitative estimate of drug-likeness (QED) is 0.855. The summed E-state index contributed by atoms with van der Waals surface area (Å²) >= 11 is 0. The van der Waals surface area contributed by atoms with Crippen molar-refractivity contribution in [2.24, 2.45) is 0 Å². The molecule has 2 aromatic rings. The lowest BCUT2D eigenvalue weighted by Crippen LogP contribution is -2.46. The van der Waals surface area contributed by atoms with Crippen molar-refractivity contribution in [3.8, 4) is 0 Å². The summed E-state index contributed by atoms with van der Waals surface area (Å²) in [4.78, 5) is 9.53. The number of nitrogens with zero attached hydrogens (tertiary/aromatic N) is 4. The van der Waals surface area contributed by atoms with Crippen molar-refractivity contribution in [1.29, 1.82) is 0 Å². The van der Waals surface area contributed by atoms with Gasteiger partial charge in [-0.2, -0.15) is 4.98 Å². The zero-order valence-electron chi connectivity index (χ0n) is 16.0. The van der Waals surface area contributed by atoms with Crippen LogP contribution in [0.25, 0.3) is 0 Å². The third-order valence-corrected chi connectivity index (χ3v) is 5.54. The molecule has 0 bridgehead atoms. The summed E-state index contributed by atoms with van der Waals surface area (Å²) in [5.74, 6) is 2.06. The van der Waals surface area contributed by atoms with Crippen LogP contribution in [0.5, 0.6) is 0 Å². The lowest BCUT2D eigenvalue weighted by molar-refractivity contribution is 0.271. The first-order chi connectivity index (χ1) is 12.6. The average Bonchev–Trinajstić information content (AvgIpc) is 3.40. The van der Waals surface area contributed by atoms with Crippen LogP contribution in [0.3, 0.4) is 0 Å². The molecule has 0 radical (unpaired) electrons. The molecule has 2 fully saturated rings. The van der Waals surface area contributed by atoms with Crippen LogP contribution in [-0.2, 0) is 0 Å². The topological polar surface area (TPSA) is 57.4 Å². The van der Waals surface area contributed by atoms with Gasteiger partial charge in [0.15, 0.2) is 5.82 Å². The fraction of sp³-hybridized carbons (Fsp3) is 0.600. The zero-order chi connectivity index (χ0) is 18.1. The minimum absolute atomic E-state index is 0.00708. The first kappa shape index (κ1) is 17.3. The largest absolute Gasteiger partial charge is 0.374 e. The molecule has 0 spiro atoms. The highest BCUT2D eigenvalue weighted by Crippen LogP contribution is 2.38. The smallest absolute Gasteiger partial charge is 0.248 e. The van der Waals surface area contributed by atoms with Gasteiger partial charge in [0.05, 0.1) is 0 Å². The SMILES string of the molecule is CCN1CCN(c2ccc(NC(C)c3nc(C4CC4)no3)c(C)c2)CC1. The number of piperazine rings is 1. The first-order valence-corrected chi connectivity index (χ1v) is 9.82. The second-order valence-corrected chi connectivity index (χ2v) is 7.55. The molecule has 0 amide bonds. The molecule has 1 atom stereocenters. The van der Waals surface area contributed by atoms with Crippen molar-refractivity contribution in [2.75, 3.05) is 42.9 Å². The number of rotatable bonds is 6. The third kappa shape index (κ3) is 3.70. The Morgan fingerprint density at radius 3 is 2.65 bits per heavy atom. The Bertz CT molecular complexity index is 746. The van der Waals surface area contributed by atoms with Crippen LogP contribution < -0.4 is 10.2 Å². The monoisotopic (exact) mass is 355 g/mol. The Morgan fingerprint density at radius 1 is 1.23 bits per heavy atom. The second kappa shape index (κ2) is 7.27. The van der Waals surface area contributed by atoms with Crippen LogP contribution >= 0.6 is 0 Å². The number of likely N-dealkylation sites (N-methyl/N-ethyl adjacent to an activating group) is 1. The van der Waals surface area contributed by atoms with E-state index in [1.807, 2.05) is 0 Å². The predicted octanol–water partition coefficient (Wildman–Crippen LogP) is 3.57. The Labute approximate surface area is 155 Å². The van der Waals surface area contributed by atoms with Crippen LogP contribution in [0.1, 0.15) is 55.9 Å². The maximum absolute atomic E-state index is 5.44. The molecule has 140 valence electrons. The van der Waals surface area contributed by atoms with Crippen molar-refractivity contribution < 1.29 is 4.52 Å². The van der Waals surface area contributed by atoms with E-state index >= 15 is 0 Å². The number of nitrogens with one attached hydrogen (secondary N) is 1. The molecule has 26 heavy (non-hydrogen) atoms. The average molecular weight is 355 g/mol. The van der Waals surface area contributed by atoms with Crippen LogP contribution in [-0.4, -0.2) is 47.8 Å². The number of hydrogen-bond acceptors (Lipinski definition) is 6. The molecular weight excluding hydrogens is 326 g/mol. The lowest BCUT2D eigenvalue weighted by Gasteiger charge is -2.35.